The lowest BCUT2D eigenvalue weighted by atomic mass is 10.3. The van der Waals surface area contributed by atoms with Crippen molar-refractivity contribution >= 4 is 0 Å². The standard InChI is InChI=1S/C11H10N2O/c1-9-8-10(5-6-12-9)13-7-3-2-4-11(13)14/h2-8H,1H3. The van der Waals surface area contributed by atoms with Gasteiger partial charge in [0.2, 0.25) is 0 Å². The minimum atomic E-state index is -0.0295. The first kappa shape index (κ1) is 8.69. The van der Waals surface area contributed by atoms with Gasteiger partial charge in [0.15, 0.2) is 0 Å². The molecule has 70 valence electrons. The van der Waals surface area contributed by atoms with Gasteiger partial charge < -0.3 is 0 Å². The van der Waals surface area contributed by atoms with Gasteiger partial charge in [-0.1, -0.05) is 6.07 Å². The summed E-state index contributed by atoms with van der Waals surface area (Å²) in [5.41, 5.74) is 1.72. The highest BCUT2D eigenvalue weighted by molar-refractivity contribution is 5.31. The fourth-order valence-corrected chi connectivity index (χ4v) is 1.32. The van der Waals surface area contributed by atoms with Gasteiger partial charge in [0, 0.05) is 24.2 Å². The molecule has 0 aliphatic carbocycles. The Morgan fingerprint density at radius 2 is 2.14 bits per heavy atom. The van der Waals surface area contributed by atoms with Crippen molar-refractivity contribution in [2.75, 3.05) is 0 Å². The number of rotatable bonds is 1. The van der Waals surface area contributed by atoms with E-state index in [2.05, 4.69) is 4.98 Å². The Morgan fingerprint density at radius 3 is 2.86 bits per heavy atom. The van der Waals surface area contributed by atoms with Gasteiger partial charge in [-0.05, 0) is 25.1 Å². The van der Waals surface area contributed by atoms with Crippen LogP contribution in [0, 0.1) is 6.92 Å². The molecule has 0 N–H and O–H groups in total. The van der Waals surface area contributed by atoms with Crippen molar-refractivity contribution in [3.8, 4) is 5.69 Å². The van der Waals surface area contributed by atoms with Gasteiger partial charge >= 0.3 is 0 Å². The lowest BCUT2D eigenvalue weighted by Crippen LogP contribution is -2.15. The first-order valence-corrected chi connectivity index (χ1v) is 4.38. The fourth-order valence-electron chi connectivity index (χ4n) is 1.32. The maximum atomic E-state index is 11.5. The van der Waals surface area contributed by atoms with Gasteiger partial charge in [0.1, 0.15) is 0 Å². The Hall–Kier alpha value is -1.90. The molecule has 3 nitrogen and oxygen atoms in total. The molecule has 0 saturated carbocycles. The molecule has 0 fully saturated rings. The van der Waals surface area contributed by atoms with Crippen molar-refractivity contribution in [1.82, 2.24) is 9.55 Å². The quantitative estimate of drug-likeness (QED) is 0.677. The molecule has 0 aliphatic rings. The van der Waals surface area contributed by atoms with E-state index in [0.29, 0.717) is 0 Å². The lowest BCUT2D eigenvalue weighted by molar-refractivity contribution is 0.978. The Bertz CT molecular complexity index is 502. The summed E-state index contributed by atoms with van der Waals surface area (Å²) in [6, 6.07) is 8.79. The van der Waals surface area contributed by atoms with Gasteiger partial charge in [-0.2, -0.15) is 0 Å². The minimum absolute atomic E-state index is 0.0295. The molecule has 0 aliphatic heterocycles. The number of pyridine rings is 2. The number of aromatic nitrogens is 2. The van der Waals surface area contributed by atoms with E-state index in [0.717, 1.165) is 11.4 Å². The molecule has 0 aromatic carbocycles. The predicted molar refractivity (Wildman–Crippen MR) is 54.6 cm³/mol. The minimum Gasteiger partial charge on any atom is -0.284 e. The smallest absolute Gasteiger partial charge is 0.255 e. The van der Waals surface area contributed by atoms with Gasteiger partial charge in [-0.3, -0.25) is 14.3 Å². The number of aryl methyl sites for hydroxylation is 1. The average molecular weight is 186 g/mol. The lowest BCUT2D eigenvalue weighted by Gasteiger charge is -2.04. The Labute approximate surface area is 81.7 Å². The van der Waals surface area contributed by atoms with Crippen molar-refractivity contribution in [1.29, 1.82) is 0 Å². The monoisotopic (exact) mass is 186 g/mol. The third-order valence-corrected chi connectivity index (χ3v) is 1.98. The normalized spacial score (nSPS) is 10.1. The van der Waals surface area contributed by atoms with E-state index in [1.807, 2.05) is 25.1 Å². The first-order valence-electron chi connectivity index (χ1n) is 4.38. The van der Waals surface area contributed by atoms with Crippen LogP contribution in [0.25, 0.3) is 5.69 Å². The van der Waals surface area contributed by atoms with Crippen LogP contribution < -0.4 is 5.56 Å². The number of nitrogens with zero attached hydrogens (tertiary/aromatic N) is 2. The van der Waals surface area contributed by atoms with Gasteiger partial charge in [-0.15, -0.1) is 0 Å². The average Bonchev–Trinajstić information content (AvgIpc) is 2.18. The Balaban J connectivity index is 2.61. The molecule has 0 radical (unpaired) electrons. The molecule has 0 unspecified atom stereocenters. The summed E-state index contributed by atoms with van der Waals surface area (Å²) in [5, 5.41) is 0. The highest BCUT2D eigenvalue weighted by atomic mass is 16.1. The van der Waals surface area contributed by atoms with Crippen LogP contribution in [-0.2, 0) is 0 Å². The van der Waals surface area contributed by atoms with Crippen LogP contribution in [0.5, 0.6) is 0 Å². The van der Waals surface area contributed by atoms with Crippen LogP contribution in [0.3, 0.4) is 0 Å². The summed E-state index contributed by atoms with van der Waals surface area (Å²) in [5.74, 6) is 0. The summed E-state index contributed by atoms with van der Waals surface area (Å²) < 4.78 is 1.59. The summed E-state index contributed by atoms with van der Waals surface area (Å²) in [6.45, 7) is 1.90. The molecule has 3 heteroatoms. The van der Waals surface area contributed by atoms with Crippen LogP contribution in [0.4, 0.5) is 0 Å². The molecule has 0 amide bonds. The highest BCUT2D eigenvalue weighted by Gasteiger charge is 1.97. The summed E-state index contributed by atoms with van der Waals surface area (Å²) in [4.78, 5) is 15.6. The maximum absolute atomic E-state index is 11.5. The van der Waals surface area contributed by atoms with E-state index >= 15 is 0 Å². The van der Waals surface area contributed by atoms with E-state index in [-0.39, 0.29) is 5.56 Å². The maximum Gasteiger partial charge on any atom is 0.255 e. The van der Waals surface area contributed by atoms with E-state index in [9.17, 15) is 4.79 Å². The van der Waals surface area contributed by atoms with Crippen molar-refractivity contribution in [3.05, 3.63) is 58.8 Å². The van der Waals surface area contributed by atoms with Crippen LogP contribution >= 0.6 is 0 Å². The molecule has 14 heavy (non-hydrogen) atoms. The van der Waals surface area contributed by atoms with Gasteiger partial charge in [0.05, 0.1) is 5.69 Å². The molecular formula is C11H10N2O. The predicted octanol–water partition coefficient (Wildman–Crippen LogP) is 1.54. The molecule has 0 atom stereocenters. The summed E-state index contributed by atoms with van der Waals surface area (Å²) >= 11 is 0. The van der Waals surface area contributed by atoms with Gasteiger partial charge in [0.25, 0.3) is 5.56 Å². The second kappa shape index (κ2) is 3.46. The Morgan fingerprint density at radius 1 is 1.29 bits per heavy atom. The van der Waals surface area contributed by atoms with E-state index in [1.54, 1.807) is 23.0 Å². The third kappa shape index (κ3) is 1.57. The largest absolute Gasteiger partial charge is 0.284 e. The number of hydrogen-bond acceptors (Lipinski definition) is 2. The number of hydrogen-bond donors (Lipinski definition) is 0. The van der Waals surface area contributed by atoms with E-state index in [4.69, 9.17) is 0 Å². The SMILES string of the molecule is Cc1cc(-n2ccccc2=O)ccn1. The summed E-state index contributed by atoms with van der Waals surface area (Å²) in [6.07, 6.45) is 3.45. The molecule has 0 bridgehead atoms. The van der Waals surface area contributed by atoms with E-state index in [1.165, 1.54) is 6.07 Å². The second-order valence-corrected chi connectivity index (χ2v) is 3.06. The fraction of sp³-hybridized carbons (Fsp3) is 0.0909. The first-order chi connectivity index (χ1) is 6.77. The van der Waals surface area contributed by atoms with Crippen LogP contribution in [0.1, 0.15) is 5.69 Å². The zero-order valence-electron chi connectivity index (χ0n) is 7.84. The van der Waals surface area contributed by atoms with Gasteiger partial charge in [-0.25, -0.2) is 0 Å². The molecule has 2 aromatic rings. The molecule has 2 heterocycles. The second-order valence-electron chi connectivity index (χ2n) is 3.06. The third-order valence-electron chi connectivity index (χ3n) is 1.98. The van der Waals surface area contributed by atoms with Crippen molar-refractivity contribution in [3.63, 3.8) is 0 Å². The zero-order valence-corrected chi connectivity index (χ0v) is 7.84. The van der Waals surface area contributed by atoms with Crippen LogP contribution in [0.15, 0.2) is 47.5 Å². The zero-order chi connectivity index (χ0) is 9.97. The van der Waals surface area contributed by atoms with Crippen molar-refractivity contribution in [2.24, 2.45) is 0 Å². The highest BCUT2D eigenvalue weighted by Crippen LogP contribution is 2.04. The van der Waals surface area contributed by atoms with E-state index < -0.39 is 0 Å². The van der Waals surface area contributed by atoms with Crippen molar-refractivity contribution in [2.45, 2.75) is 6.92 Å². The molecular weight excluding hydrogens is 176 g/mol. The van der Waals surface area contributed by atoms with Crippen LogP contribution in [-0.4, -0.2) is 9.55 Å². The molecule has 0 saturated heterocycles. The molecule has 2 aromatic heterocycles. The van der Waals surface area contributed by atoms with Crippen molar-refractivity contribution < 1.29 is 0 Å². The molecule has 0 spiro atoms. The summed E-state index contributed by atoms with van der Waals surface area (Å²) in [7, 11) is 0. The van der Waals surface area contributed by atoms with Crippen LogP contribution in [0.2, 0.25) is 0 Å². The molecule has 2 rings (SSSR count). The Kier molecular flexibility index (Phi) is 2.14. The topological polar surface area (TPSA) is 34.9 Å².